The second-order valence-corrected chi connectivity index (χ2v) is 11.7. The van der Waals surface area contributed by atoms with Crippen molar-refractivity contribution in [2.75, 3.05) is 26.1 Å². The van der Waals surface area contributed by atoms with E-state index in [1.165, 1.54) is 20.4 Å². The van der Waals surface area contributed by atoms with Crippen molar-refractivity contribution in [3.63, 3.8) is 0 Å². The van der Waals surface area contributed by atoms with Gasteiger partial charge in [-0.15, -0.1) is 0 Å². The molecule has 222 valence electrons. The van der Waals surface area contributed by atoms with Crippen LogP contribution in [0.3, 0.4) is 0 Å². The molecule has 0 radical (unpaired) electrons. The van der Waals surface area contributed by atoms with Crippen molar-refractivity contribution in [1.82, 2.24) is 24.6 Å². The number of benzene rings is 1. The highest BCUT2D eigenvalue weighted by Crippen LogP contribution is 2.51. The van der Waals surface area contributed by atoms with Gasteiger partial charge >= 0.3 is 13.7 Å². The van der Waals surface area contributed by atoms with Gasteiger partial charge in [-0.25, -0.2) is 9.55 Å². The number of carbonyl (C=O) groups excluding carboxylic acids is 1. The topological polar surface area (TPSA) is 191 Å². The summed E-state index contributed by atoms with van der Waals surface area (Å²) in [6.07, 6.45) is -1.52. The smallest absolute Gasteiger partial charge is 0.459 e. The van der Waals surface area contributed by atoms with Gasteiger partial charge in [-0.1, -0.05) is 18.2 Å². The molecule has 41 heavy (non-hydrogen) atoms. The highest BCUT2D eigenvalue weighted by atomic mass is 31.2. The molecule has 1 spiro atoms. The molecule has 16 heteroatoms. The summed E-state index contributed by atoms with van der Waals surface area (Å²) in [5.74, 6) is -0.242. The van der Waals surface area contributed by atoms with Gasteiger partial charge in [-0.3, -0.25) is 13.9 Å². The lowest BCUT2D eigenvalue weighted by molar-refractivity contribution is -0.225. The Morgan fingerprint density at radius 3 is 2.66 bits per heavy atom. The molecule has 0 unspecified atom stereocenters. The predicted octanol–water partition coefficient (Wildman–Crippen LogP) is 1.97. The van der Waals surface area contributed by atoms with Crippen molar-refractivity contribution in [2.24, 2.45) is 0 Å². The Morgan fingerprint density at radius 2 is 2.02 bits per heavy atom. The Balaban J connectivity index is 1.38. The molecule has 2 aromatic heterocycles. The van der Waals surface area contributed by atoms with E-state index in [-0.39, 0.29) is 30.3 Å². The molecule has 0 aliphatic carbocycles. The summed E-state index contributed by atoms with van der Waals surface area (Å²) in [5, 5.41) is 14.0. The summed E-state index contributed by atoms with van der Waals surface area (Å²) in [5.41, 5.74) is 5.39. The van der Waals surface area contributed by atoms with Gasteiger partial charge in [0.25, 0.3) is 0 Å². The number of nitrogens with two attached hydrogens (primary N) is 1. The fourth-order valence-electron chi connectivity index (χ4n) is 4.74. The molecule has 2 aliphatic rings. The molecule has 4 N–H and O–H groups in total. The SMILES string of the molecule is COc1nc(N)nc2c1ncn2[C@@H]1O[C@H](CO[P@@](=O)(N[C@@H](C)C(=O)OC(C)C)Oc2ccccc2)[C@@H](O)[C@]12CCO2. The third-order valence-corrected chi connectivity index (χ3v) is 8.37. The van der Waals surface area contributed by atoms with Crippen molar-refractivity contribution in [1.29, 1.82) is 0 Å². The second-order valence-electron chi connectivity index (χ2n) is 9.97. The zero-order chi connectivity index (χ0) is 29.4. The summed E-state index contributed by atoms with van der Waals surface area (Å²) >= 11 is 0. The first-order valence-electron chi connectivity index (χ1n) is 13.0. The van der Waals surface area contributed by atoms with Crippen molar-refractivity contribution >= 4 is 30.8 Å². The Morgan fingerprint density at radius 1 is 1.29 bits per heavy atom. The molecule has 3 aromatic rings. The van der Waals surface area contributed by atoms with Crippen LogP contribution in [0.25, 0.3) is 11.2 Å². The quantitative estimate of drug-likeness (QED) is 0.216. The van der Waals surface area contributed by atoms with E-state index in [1.54, 1.807) is 48.7 Å². The monoisotopic (exact) mass is 592 g/mol. The maximum Gasteiger partial charge on any atom is 0.459 e. The van der Waals surface area contributed by atoms with Crippen LogP contribution in [-0.2, 0) is 28.1 Å². The molecule has 6 atom stereocenters. The van der Waals surface area contributed by atoms with Gasteiger partial charge in [0.15, 0.2) is 17.4 Å². The Labute approximate surface area is 235 Å². The average Bonchev–Trinajstić information content (AvgIpc) is 3.45. The third kappa shape index (κ3) is 5.73. The molecule has 0 amide bonds. The van der Waals surface area contributed by atoms with Crippen molar-refractivity contribution in [3.05, 3.63) is 36.7 Å². The lowest BCUT2D eigenvalue weighted by atomic mass is 9.86. The van der Waals surface area contributed by atoms with E-state index < -0.39 is 43.8 Å². The minimum atomic E-state index is -4.20. The van der Waals surface area contributed by atoms with E-state index in [9.17, 15) is 14.5 Å². The lowest BCUT2D eigenvalue weighted by Gasteiger charge is -2.44. The molecular weight excluding hydrogens is 559 g/mol. The molecule has 2 fully saturated rings. The molecule has 2 aliphatic heterocycles. The van der Waals surface area contributed by atoms with E-state index >= 15 is 0 Å². The van der Waals surface area contributed by atoms with Crippen LogP contribution in [0.15, 0.2) is 36.7 Å². The summed E-state index contributed by atoms with van der Waals surface area (Å²) in [6.45, 7) is 4.90. The summed E-state index contributed by atoms with van der Waals surface area (Å²) in [7, 11) is -2.76. The largest absolute Gasteiger partial charge is 0.479 e. The van der Waals surface area contributed by atoms with Crippen LogP contribution in [0.2, 0.25) is 0 Å². The number of hydrogen-bond acceptors (Lipinski definition) is 13. The molecule has 5 rings (SSSR count). The number of imidazole rings is 1. The number of para-hydroxylation sites is 1. The number of rotatable bonds is 11. The summed E-state index contributed by atoms with van der Waals surface area (Å²) in [6, 6.07) is 7.31. The second kappa shape index (κ2) is 11.5. The number of nitrogens with one attached hydrogen (secondary N) is 1. The van der Waals surface area contributed by atoms with E-state index in [4.69, 9.17) is 33.7 Å². The number of fused-ring (bicyclic) bond motifs is 1. The van der Waals surface area contributed by atoms with E-state index in [0.29, 0.717) is 24.2 Å². The van der Waals surface area contributed by atoms with Gasteiger partial charge in [-0.2, -0.15) is 15.1 Å². The van der Waals surface area contributed by atoms with Crippen LogP contribution in [-0.4, -0.2) is 80.9 Å². The third-order valence-electron chi connectivity index (χ3n) is 6.73. The number of hydrogen-bond donors (Lipinski definition) is 3. The van der Waals surface area contributed by atoms with Gasteiger partial charge in [0, 0.05) is 6.42 Å². The molecule has 4 heterocycles. The molecular formula is C25H33N6O9P. The van der Waals surface area contributed by atoms with Crippen LogP contribution >= 0.6 is 7.75 Å². The minimum Gasteiger partial charge on any atom is -0.479 e. The number of aromatic nitrogens is 4. The number of anilines is 1. The molecule has 15 nitrogen and oxygen atoms in total. The van der Waals surface area contributed by atoms with Crippen molar-refractivity contribution in [3.8, 4) is 11.6 Å². The highest BCUT2D eigenvalue weighted by Gasteiger charge is 2.62. The first kappa shape index (κ1) is 29.2. The van der Waals surface area contributed by atoms with Gasteiger partial charge in [0.2, 0.25) is 11.8 Å². The number of nitrogen functional groups attached to an aromatic ring is 1. The zero-order valence-corrected chi connectivity index (χ0v) is 23.9. The number of aliphatic hydroxyl groups excluding tert-OH is 1. The van der Waals surface area contributed by atoms with Crippen LogP contribution in [0, 0.1) is 0 Å². The van der Waals surface area contributed by atoms with E-state index in [1.807, 2.05) is 0 Å². The molecule has 2 saturated heterocycles. The minimum absolute atomic E-state index is 0.0340. The average molecular weight is 593 g/mol. The molecule has 0 bridgehead atoms. The van der Waals surface area contributed by atoms with Crippen LogP contribution < -0.4 is 20.1 Å². The Hall–Kier alpha value is -3.33. The zero-order valence-electron chi connectivity index (χ0n) is 23.0. The van der Waals surface area contributed by atoms with Crippen LogP contribution in [0.1, 0.15) is 33.4 Å². The first-order chi connectivity index (χ1) is 19.5. The maximum absolute atomic E-state index is 13.9. The fourth-order valence-corrected chi connectivity index (χ4v) is 6.24. The highest BCUT2D eigenvalue weighted by molar-refractivity contribution is 7.52. The summed E-state index contributed by atoms with van der Waals surface area (Å²) < 4.78 is 49.6. The lowest BCUT2D eigenvalue weighted by Crippen LogP contribution is -2.56. The van der Waals surface area contributed by atoms with E-state index in [0.717, 1.165) is 0 Å². The first-order valence-corrected chi connectivity index (χ1v) is 14.6. The van der Waals surface area contributed by atoms with Gasteiger partial charge in [-0.05, 0) is 32.9 Å². The summed E-state index contributed by atoms with van der Waals surface area (Å²) in [4.78, 5) is 25.1. The maximum atomic E-state index is 13.9. The Bertz CT molecular complexity index is 1430. The van der Waals surface area contributed by atoms with E-state index in [2.05, 4.69) is 20.0 Å². The van der Waals surface area contributed by atoms with Gasteiger partial charge in [0.05, 0.1) is 32.8 Å². The number of aliphatic hydroxyl groups is 1. The number of nitrogens with zero attached hydrogens (tertiary/aromatic N) is 4. The van der Waals surface area contributed by atoms with Gasteiger partial charge in [0.1, 0.15) is 29.6 Å². The predicted molar refractivity (Wildman–Crippen MR) is 144 cm³/mol. The number of ether oxygens (including phenoxy) is 4. The number of carbonyl (C=O) groups is 1. The molecule has 1 aromatic carbocycles. The van der Waals surface area contributed by atoms with Crippen molar-refractivity contribution in [2.45, 2.75) is 63.4 Å². The van der Waals surface area contributed by atoms with Gasteiger partial charge < -0.3 is 34.3 Å². The van der Waals surface area contributed by atoms with Crippen molar-refractivity contribution < 1.29 is 42.5 Å². The normalized spacial score (nSPS) is 26.0. The fraction of sp³-hybridized carbons (Fsp3) is 0.520. The van der Waals surface area contributed by atoms with Crippen LogP contribution in [0.4, 0.5) is 5.95 Å². The Kier molecular flexibility index (Phi) is 8.19. The number of esters is 1. The standard InChI is InChI=1S/C25H33N6O9P/c1-14(2)38-22(33)15(3)30-41(34,40-16-8-6-5-7-9-16)37-12-17-19(32)25(10-11-36-25)23(39-17)31-13-27-18-20(31)28-24(26)29-21(18)35-4/h5-9,13-15,17,19,23,32H,10-12H2,1-4H3,(H,30,34)(H2,26,28,29)/t15-,17+,19+,23+,25+,41-/m0/s1. The van der Waals surface area contributed by atoms with Crippen LogP contribution in [0.5, 0.6) is 11.6 Å². The number of methoxy groups -OCH3 is 1. The molecule has 0 saturated carbocycles.